The Morgan fingerprint density at radius 3 is 2.47 bits per heavy atom. The first-order chi connectivity index (χ1) is 14.8. The van der Waals surface area contributed by atoms with Crippen molar-refractivity contribution in [3.05, 3.63) is 103 Å². The van der Waals surface area contributed by atoms with E-state index in [1.54, 1.807) is 6.21 Å². The molecule has 0 spiro atoms. The highest BCUT2D eigenvalue weighted by Gasteiger charge is 2.03. The van der Waals surface area contributed by atoms with Crippen molar-refractivity contribution >= 4 is 28.6 Å². The minimum atomic E-state index is -0.226. The number of rotatable bonds is 7. The summed E-state index contributed by atoms with van der Waals surface area (Å²) >= 11 is 0. The summed E-state index contributed by atoms with van der Waals surface area (Å²) in [6.45, 7) is 0.127. The topological polar surface area (TPSA) is 62.7 Å². The molecule has 0 aliphatic heterocycles. The maximum atomic E-state index is 12.1. The van der Waals surface area contributed by atoms with Gasteiger partial charge in [-0.3, -0.25) is 4.79 Å². The number of para-hydroxylation sites is 1. The number of amides is 1. The van der Waals surface area contributed by atoms with Gasteiger partial charge in [-0.2, -0.15) is 5.10 Å². The first-order valence-corrected chi connectivity index (χ1v) is 9.64. The SMILES string of the molecule is O=C(CNc1cccc2ccccc12)NN=Cc1cccc(Oc2ccccc2)c1. The summed E-state index contributed by atoms with van der Waals surface area (Å²) < 4.78 is 5.81. The average molecular weight is 395 g/mol. The maximum Gasteiger partial charge on any atom is 0.259 e. The van der Waals surface area contributed by atoms with Crippen LogP contribution in [0.3, 0.4) is 0 Å². The molecule has 0 radical (unpaired) electrons. The van der Waals surface area contributed by atoms with Crippen molar-refractivity contribution in [1.82, 2.24) is 5.43 Å². The van der Waals surface area contributed by atoms with Gasteiger partial charge in [0, 0.05) is 11.1 Å². The molecule has 0 unspecified atom stereocenters. The standard InChI is InChI=1S/C25H21N3O2/c29-25(18-26-24-15-7-10-20-9-4-5-14-23(20)24)28-27-17-19-8-6-13-22(16-19)30-21-11-2-1-3-12-21/h1-17,26H,18H2,(H,28,29). The number of nitrogens with zero attached hydrogens (tertiary/aromatic N) is 1. The van der Waals surface area contributed by atoms with Crippen LogP contribution in [0.25, 0.3) is 10.8 Å². The lowest BCUT2D eigenvalue weighted by molar-refractivity contribution is -0.119. The molecule has 0 saturated carbocycles. The molecule has 4 rings (SSSR count). The van der Waals surface area contributed by atoms with E-state index in [0.29, 0.717) is 5.75 Å². The molecule has 148 valence electrons. The highest BCUT2D eigenvalue weighted by Crippen LogP contribution is 2.23. The Morgan fingerprint density at radius 1 is 0.833 bits per heavy atom. The molecule has 0 bridgehead atoms. The molecule has 0 aliphatic rings. The number of anilines is 1. The number of hydrogen-bond acceptors (Lipinski definition) is 4. The number of nitrogens with one attached hydrogen (secondary N) is 2. The van der Waals surface area contributed by atoms with Crippen LogP contribution in [0.15, 0.2) is 102 Å². The molecule has 0 heterocycles. The van der Waals surface area contributed by atoms with Gasteiger partial charge in [-0.1, -0.05) is 66.7 Å². The molecule has 5 nitrogen and oxygen atoms in total. The van der Waals surface area contributed by atoms with Crippen LogP contribution < -0.4 is 15.5 Å². The molecule has 0 aromatic heterocycles. The van der Waals surface area contributed by atoms with Gasteiger partial charge in [0.05, 0.1) is 12.8 Å². The number of carbonyl (C=O) groups excluding carboxylic acids is 1. The number of benzene rings is 4. The molecule has 0 saturated heterocycles. The predicted molar refractivity (Wildman–Crippen MR) is 121 cm³/mol. The van der Waals surface area contributed by atoms with Gasteiger partial charge in [0.1, 0.15) is 11.5 Å². The van der Waals surface area contributed by atoms with E-state index in [-0.39, 0.29) is 12.5 Å². The predicted octanol–water partition coefficient (Wildman–Crippen LogP) is 5.19. The van der Waals surface area contributed by atoms with Crippen molar-refractivity contribution in [1.29, 1.82) is 0 Å². The van der Waals surface area contributed by atoms with Crippen molar-refractivity contribution < 1.29 is 9.53 Å². The third-order valence-corrected chi connectivity index (χ3v) is 4.47. The smallest absolute Gasteiger partial charge is 0.259 e. The third kappa shape index (κ3) is 5.02. The molecular weight excluding hydrogens is 374 g/mol. The molecule has 0 atom stereocenters. The molecule has 2 N–H and O–H groups in total. The van der Waals surface area contributed by atoms with Crippen LogP contribution in [0.4, 0.5) is 5.69 Å². The lowest BCUT2D eigenvalue weighted by Gasteiger charge is -2.09. The average Bonchev–Trinajstić information content (AvgIpc) is 2.79. The van der Waals surface area contributed by atoms with Gasteiger partial charge in [0.25, 0.3) is 5.91 Å². The molecule has 4 aromatic rings. The van der Waals surface area contributed by atoms with Crippen LogP contribution in [0.5, 0.6) is 11.5 Å². The van der Waals surface area contributed by atoms with Crippen molar-refractivity contribution in [3.63, 3.8) is 0 Å². The zero-order valence-corrected chi connectivity index (χ0v) is 16.3. The Hall–Kier alpha value is -4.12. The number of carbonyl (C=O) groups is 1. The Morgan fingerprint density at radius 2 is 1.57 bits per heavy atom. The molecule has 4 aromatic carbocycles. The first kappa shape index (κ1) is 19.2. The van der Waals surface area contributed by atoms with Gasteiger partial charge in [0.15, 0.2) is 0 Å². The van der Waals surface area contributed by atoms with Gasteiger partial charge in [-0.15, -0.1) is 0 Å². The number of hydrazone groups is 1. The largest absolute Gasteiger partial charge is 0.457 e. The van der Waals surface area contributed by atoms with E-state index in [2.05, 4.69) is 15.8 Å². The summed E-state index contributed by atoms with van der Waals surface area (Å²) in [7, 11) is 0. The Bertz CT molecular complexity index is 1170. The van der Waals surface area contributed by atoms with E-state index in [0.717, 1.165) is 27.8 Å². The normalized spacial score (nSPS) is 10.8. The number of ether oxygens (including phenoxy) is 1. The van der Waals surface area contributed by atoms with Crippen LogP contribution in [-0.4, -0.2) is 18.7 Å². The van der Waals surface area contributed by atoms with Crippen molar-refractivity contribution in [2.45, 2.75) is 0 Å². The van der Waals surface area contributed by atoms with Crippen molar-refractivity contribution in [3.8, 4) is 11.5 Å². The van der Waals surface area contributed by atoms with E-state index < -0.39 is 0 Å². The van der Waals surface area contributed by atoms with Gasteiger partial charge < -0.3 is 10.1 Å². The third-order valence-electron chi connectivity index (χ3n) is 4.47. The highest BCUT2D eigenvalue weighted by molar-refractivity contribution is 5.95. The summed E-state index contributed by atoms with van der Waals surface area (Å²) in [4.78, 5) is 12.1. The highest BCUT2D eigenvalue weighted by atomic mass is 16.5. The summed E-state index contributed by atoms with van der Waals surface area (Å²) in [5, 5.41) is 9.41. The van der Waals surface area contributed by atoms with E-state index in [1.807, 2.05) is 97.1 Å². The summed E-state index contributed by atoms with van der Waals surface area (Å²) in [6.07, 6.45) is 1.59. The second-order valence-corrected chi connectivity index (χ2v) is 6.66. The second-order valence-electron chi connectivity index (χ2n) is 6.66. The first-order valence-electron chi connectivity index (χ1n) is 9.64. The number of fused-ring (bicyclic) bond motifs is 1. The van der Waals surface area contributed by atoms with Crippen LogP contribution in [-0.2, 0) is 4.79 Å². The summed E-state index contributed by atoms with van der Waals surface area (Å²) in [5.41, 5.74) is 4.29. The van der Waals surface area contributed by atoms with E-state index in [1.165, 1.54) is 0 Å². The van der Waals surface area contributed by atoms with E-state index >= 15 is 0 Å². The van der Waals surface area contributed by atoms with Gasteiger partial charge in [-0.05, 0) is 41.3 Å². The Labute approximate surface area is 175 Å². The van der Waals surface area contributed by atoms with Crippen LogP contribution in [0, 0.1) is 0 Å². The summed E-state index contributed by atoms with van der Waals surface area (Å²) in [6, 6.07) is 31.1. The second kappa shape index (κ2) is 9.39. The zero-order chi connectivity index (χ0) is 20.6. The lowest BCUT2D eigenvalue weighted by atomic mass is 10.1. The fourth-order valence-corrected chi connectivity index (χ4v) is 3.06. The van der Waals surface area contributed by atoms with Gasteiger partial charge in [-0.25, -0.2) is 5.43 Å². The van der Waals surface area contributed by atoms with Crippen LogP contribution in [0.2, 0.25) is 0 Å². The molecular formula is C25H21N3O2. The van der Waals surface area contributed by atoms with Gasteiger partial charge in [0.2, 0.25) is 0 Å². The fourth-order valence-electron chi connectivity index (χ4n) is 3.06. The maximum absolute atomic E-state index is 12.1. The lowest BCUT2D eigenvalue weighted by Crippen LogP contribution is -2.25. The zero-order valence-electron chi connectivity index (χ0n) is 16.3. The molecule has 0 fully saturated rings. The number of hydrogen-bond donors (Lipinski definition) is 2. The summed E-state index contributed by atoms with van der Waals surface area (Å²) in [5.74, 6) is 1.24. The van der Waals surface area contributed by atoms with E-state index in [4.69, 9.17) is 4.74 Å². The minimum Gasteiger partial charge on any atom is -0.457 e. The fraction of sp³-hybridized carbons (Fsp3) is 0.0400. The van der Waals surface area contributed by atoms with Crippen molar-refractivity contribution in [2.24, 2.45) is 5.10 Å². The molecule has 30 heavy (non-hydrogen) atoms. The van der Waals surface area contributed by atoms with Gasteiger partial charge >= 0.3 is 0 Å². The monoisotopic (exact) mass is 395 g/mol. The molecule has 5 heteroatoms. The quantitative estimate of drug-likeness (QED) is 0.334. The minimum absolute atomic E-state index is 0.127. The Kier molecular flexibility index (Phi) is 6.01. The molecule has 0 aliphatic carbocycles. The molecule has 1 amide bonds. The van der Waals surface area contributed by atoms with Crippen molar-refractivity contribution in [2.75, 3.05) is 11.9 Å². The Balaban J connectivity index is 1.32. The van der Waals surface area contributed by atoms with E-state index in [9.17, 15) is 4.79 Å². The van der Waals surface area contributed by atoms with Crippen LogP contribution in [0.1, 0.15) is 5.56 Å². The van der Waals surface area contributed by atoms with Crippen LogP contribution >= 0.6 is 0 Å².